The van der Waals surface area contributed by atoms with E-state index in [2.05, 4.69) is 0 Å². The maximum Gasteiger partial charge on any atom is 0.352 e. The molecule has 3 rings (SSSR count). The molecule has 0 aliphatic rings. The van der Waals surface area contributed by atoms with Crippen molar-refractivity contribution in [2.24, 2.45) is 5.73 Å². The average molecular weight is 371 g/mol. The number of carboxylic acid groups (broad SMARTS) is 1. The van der Waals surface area contributed by atoms with Crippen molar-refractivity contribution in [1.29, 1.82) is 0 Å². The highest BCUT2D eigenvalue weighted by Crippen LogP contribution is 2.26. The van der Waals surface area contributed by atoms with E-state index in [0.29, 0.717) is 23.3 Å². The predicted molar refractivity (Wildman–Crippen MR) is 99.8 cm³/mol. The Morgan fingerprint density at radius 3 is 2.65 bits per heavy atom. The van der Waals surface area contributed by atoms with Gasteiger partial charge in [-0.25, -0.2) is 4.79 Å². The van der Waals surface area contributed by atoms with Gasteiger partial charge >= 0.3 is 5.97 Å². The Labute approximate surface area is 153 Å². The molecular weight excluding hydrogens is 354 g/mol. The molecule has 0 unspecified atom stereocenters. The number of likely N-dealkylation sites (N-methyl/N-ethyl adjacent to an activating group) is 1. The Hall–Kier alpha value is -3.13. The van der Waals surface area contributed by atoms with E-state index >= 15 is 0 Å². The molecule has 0 aliphatic carbocycles. The molecule has 26 heavy (non-hydrogen) atoms. The number of nitrogens with two attached hydrogens (primary N) is 1. The second-order valence-electron chi connectivity index (χ2n) is 5.64. The fourth-order valence-corrected chi connectivity index (χ4v) is 3.70. The normalized spacial score (nSPS) is 10.8. The first-order valence-electron chi connectivity index (χ1n) is 7.92. The van der Waals surface area contributed by atoms with E-state index in [1.807, 2.05) is 12.3 Å². The molecular formula is C18H17N3O4S. The number of hydrogen-bond donors (Lipinski definition) is 2. The summed E-state index contributed by atoms with van der Waals surface area (Å²) < 4.78 is 2.31. The summed E-state index contributed by atoms with van der Waals surface area (Å²) in [5.41, 5.74) is 6.93. The molecule has 0 radical (unpaired) electrons. The van der Waals surface area contributed by atoms with Crippen LogP contribution >= 0.6 is 11.3 Å². The van der Waals surface area contributed by atoms with Crippen LogP contribution < -0.4 is 10.6 Å². The fourth-order valence-electron chi connectivity index (χ4n) is 2.88. The molecule has 2 amide bonds. The smallest absolute Gasteiger partial charge is 0.352 e. The minimum atomic E-state index is -1.08. The van der Waals surface area contributed by atoms with E-state index in [4.69, 9.17) is 5.73 Å². The summed E-state index contributed by atoms with van der Waals surface area (Å²) in [6.07, 6.45) is 0. The number of carbonyl (C=O) groups is 3. The molecule has 0 bridgehead atoms. The number of benzene rings is 1. The van der Waals surface area contributed by atoms with Crippen LogP contribution in [0.4, 0.5) is 5.69 Å². The molecule has 2 heterocycles. The minimum absolute atomic E-state index is 0.0714. The Morgan fingerprint density at radius 2 is 2.00 bits per heavy atom. The van der Waals surface area contributed by atoms with Crippen LogP contribution in [0.15, 0.2) is 41.8 Å². The number of anilines is 1. The zero-order valence-electron chi connectivity index (χ0n) is 14.0. The number of amides is 2. The monoisotopic (exact) mass is 371 g/mol. The van der Waals surface area contributed by atoms with Crippen LogP contribution in [0.25, 0.3) is 10.2 Å². The van der Waals surface area contributed by atoms with Crippen molar-refractivity contribution < 1.29 is 19.5 Å². The van der Waals surface area contributed by atoms with Crippen molar-refractivity contribution >= 4 is 45.0 Å². The molecule has 3 N–H and O–H groups in total. The second-order valence-corrected chi connectivity index (χ2v) is 6.59. The highest BCUT2D eigenvalue weighted by atomic mass is 32.1. The Morgan fingerprint density at radius 1 is 1.23 bits per heavy atom. The number of carboxylic acids is 1. The Kier molecular flexibility index (Phi) is 4.77. The maximum absolute atomic E-state index is 12.9. The topological polar surface area (TPSA) is 106 Å². The van der Waals surface area contributed by atoms with Crippen molar-refractivity contribution in [3.8, 4) is 0 Å². The van der Waals surface area contributed by atoms with Gasteiger partial charge in [-0.15, -0.1) is 11.3 Å². The van der Waals surface area contributed by atoms with E-state index < -0.39 is 11.9 Å². The summed E-state index contributed by atoms with van der Waals surface area (Å²) in [6.45, 7) is 2.07. The summed E-state index contributed by atoms with van der Waals surface area (Å²) in [5, 5.41) is 11.3. The molecule has 3 aromatic rings. The van der Waals surface area contributed by atoms with Crippen LogP contribution in [0.1, 0.15) is 27.8 Å². The third-order valence-corrected chi connectivity index (χ3v) is 4.95. The summed E-state index contributed by atoms with van der Waals surface area (Å²) in [4.78, 5) is 37.2. The third kappa shape index (κ3) is 3.18. The maximum atomic E-state index is 12.9. The molecule has 1 aromatic carbocycles. The number of aromatic carboxylic acids is 1. The lowest BCUT2D eigenvalue weighted by Gasteiger charge is -2.22. The highest BCUT2D eigenvalue weighted by molar-refractivity contribution is 7.17. The number of primary amides is 1. The van der Waals surface area contributed by atoms with Gasteiger partial charge in [-0.3, -0.25) is 9.59 Å². The van der Waals surface area contributed by atoms with Gasteiger partial charge in [0, 0.05) is 17.8 Å². The van der Waals surface area contributed by atoms with Crippen molar-refractivity contribution in [2.75, 3.05) is 11.4 Å². The van der Waals surface area contributed by atoms with Gasteiger partial charge in [0.05, 0.1) is 10.2 Å². The van der Waals surface area contributed by atoms with E-state index in [0.717, 1.165) is 4.70 Å². The summed E-state index contributed by atoms with van der Waals surface area (Å²) in [6, 6.07) is 9.86. The fraction of sp³-hybridized carbons (Fsp3) is 0.167. The van der Waals surface area contributed by atoms with Crippen LogP contribution in [0.3, 0.4) is 0 Å². The van der Waals surface area contributed by atoms with E-state index in [1.165, 1.54) is 20.8 Å². The van der Waals surface area contributed by atoms with Crippen molar-refractivity contribution in [3.05, 3.63) is 53.0 Å². The summed E-state index contributed by atoms with van der Waals surface area (Å²) >= 11 is 1.42. The van der Waals surface area contributed by atoms with E-state index in [9.17, 15) is 19.5 Å². The first-order chi connectivity index (χ1) is 12.4. The SMILES string of the molecule is CCN(C(=O)Cn1c(C(=O)O)cc2sccc21)c1cccc(C(N)=O)c1. The largest absolute Gasteiger partial charge is 0.477 e. The van der Waals surface area contributed by atoms with Crippen molar-refractivity contribution in [1.82, 2.24) is 4.57 Å². The quantitative estimate of drug-likeness (QED) is 0.694. The van der Waals surface area contributed by atoms with Crippen molar-refractivity contribution in [3.63, 3.8) is 0 Å². The van der Waals surface area contributed by atoms with Gasteiger partial charge in [-0.05, 0) is 42.6 Å². The second kappa shape index (κ2) is 7.01. The molecule has 0 saturated carbocycles. The molecule has 2 aromatic heterocycles. The van der Waals surface area contributed by atoms with Gasteiger partial charge in [0.2, 0.25) is 11.8 Å². The highest BCUT2D eigenvalue weighted by Gasteiger charge is 2.21. The van der Waals surface area contributed by atoms with Crippen LogP contribution in [0, 0.1) is 0 Å². The molecule has 134 valence electrons. The lowest BCUT2D eigenvalue weighted by atomic mass is 10.1. The summed E-state index contributed by atoms with van der Waals surface area (Å²) in [5.74, 6) is -1.94. The number of nitrogens with zero attached hydrogens (tertiary/aromatic N) is 2. The average Bonchev–Trinajstić information content (AvgIpc) is 3.18. The standard InChI is InChI=1S/C18H17N3O4S/c1-2-20(12-5-3-4-11(8-12)17(19)23)16(22)10-21-13-6-7-26-15(13)9-14(21)18(24)25/h3-9H,2,10H2,1H3,(H2,19,23)(H,24,25). The Balaban J connectivity index is 1.95. The van der Waals surface area contributed by atoms with Gasteiger partial charge in [0.25, 0.3) is 0 Å². The zero-order valence-corrected chi connectivity index (χ0v) is 14.8. The molecule has 0 saturated heterocycles. The number of carbonyl (C=O) groups excluding carboxylic acids is 2. The first kappa shape index (κ1) is 17.7. The number of rotatable bonds is 6. The van der Waals surface area contributed by atoms with Gasteiger partial charge in [0.15, 0.2) is 0 Å². The molecule has 0 fully saturated rings. The van der Waals surface area contributed by atoms with Gasteiger partial charge in [-0.2, -0.15) is 0 Å². The van der Waals surface area contributed by atoms with Crippen LogP contribution in [-0.4, -0.2) is 34.0 Å². The number of thiophene rings is 1. The van der Waals surface area contributed by atoms with Gasteiger partial charge in [-0.1, -0.05) is 6.07 Å². The molecule has 7 nitrogen and oxygen atoms in total. The lowest BCUT2D eigenvalue weighted by Crippen LogP contribution is -2.34. The van der Waals surface area contributed by atoms with Crippen LogP contribution in [-0.2, 0) is 11.3 Å². The van der Waals surface area contributed by atoms with Gasteiger partial charge in [0.1, 0.15) is 12.2 Å². The number of hydrogen-bond acceptors (Lipinski definition) is 4. The third-order valence-electron chi connectivity index (χ3n) is 4.09. The Bertz CT molecular complexity index is 1000. The molecule has 0 aliphatic heterocycles. The van der Waals surface area contributed by atoms with E-state index in [-0.39, 0.29) is 18.1 Å². The number of fused-ring (bicyclic) bond motifs is 1. The minimum Gasteiger partial charge on any atom is -0.477 e. The number of aromatic nitrogens is 1. The first-order valence-corrected chi connectivity index (χ1v) is 8.80. The van der Waals surface area contributed by atoms with Gasteiger partial charge < -0.3 is 20.3 Å². The molecule has 0 atom stereocenters. The molecule has 8 heteroatoms. The van der Waals surface area contributed by atoms with Crippen LogP contribution in [0.5, 0.6) is 0 Å². The zero-order chi connectivity index (χ0) is 18.8. The van der Waals surface area contributed by atoms with Crippen LogP contribution in [0.2, 0.25) is 0 Å². The van der Waals surface area contributed by atoms with Crippen molar-refractivity contribution in [2.45, 2.75) is 13.5 Å². The van der Waals surface area contributed by atoms with E-state index in [1.54, 1.807) is 36.4 Å². The lowest BCUT2D eigenvalue weighted by molar-refractivity contribution is -0.119. The summed E-state index contributed by atoms with van der Waals surface area (Å²) in [7, 11) is 0. The predicted octanol–water partition coefficient (Wildman–Crippen LogP) is 2.55. The molecule has 0 spiro atoms.